The summed E-state index contributed by atoms with van der Waals surface area (Å²) in [4.78, 5) is 26.7. The van der Waals surface area contributed by atoms with Crippen LogP contribution in [0.5, 0.6) is 5.75 Å². The van der Waals surface area contributed by atoms with E-state index in [2.05, 4.69) is 13.8 Å². The molecule has 8 nitrogen and oxygen atoms in total. The fourth-order valence-corrected chi connectivity index (χ4v) is 8.26. The molecule has 4 N–H and O–H groups in total. The Morgan fingerprint density at radius 2 is 2.03 bits per heavy atom. The third-order valence-corrected chi connectivity index (χ3v) is 10.9. The minimum atomic E-state index is -1.38. The molecule has 1 aliphatic heterocycles. The lowest BCUT2D eigenvalue weighted by molar-refractivity contribution is -0.211. The molecule has 5 rings (SSSR count). The summed E-state index contributed by atoms with van der Waals surface area (Å²) in [5.74, 6) is -1.82. The lowest BCUT2D eigenvalue weighted by Gasteiger charge is -2.62. The molecule has 0 amide bonds. The van der Waals surface area contributed by atoms with Gasteiger partial charge >= 0.3 is 13.1 Å². The Balaban J connectivity index is 1.44. The highest BCUT2D eigenvalue weighted by molar-refractivity contribution is 6.61. The Hall–Kier alpha value is -2.01. The number of hydrogen-bond donors (Lipinski definition) is 3. The summed E-state index contributed by atoms with van der Waals surface area (Å²) < 4.78 is 31.6. The molecule has 4 aliphatic rings. The largest absolute Gasteiger partial charge is 0.494 e. The highest BCUT2D eigenvalue weighted by Gasteiger charge is 2.68. The van der Waals surface area contributed by atoms with Crippen LogP contribution >= 0.6 is 0 Å². The quantitative estimate of drug-likeness (QED) is 0.390. The van der Waals surface area contributed by atoms with Crippen molar-refractivity contribution in [3.05, 3.63) is 23.5 Å². The summed E-state index contributed by atoms with van der Waals surface area (Å²) in [6.45, 7) is 7.90. The van der Waals surface area contributed by atoms with Gasteiger partial charge in [0.05, 0.1) is 12.7 Å². The number of hydrogen-bond acceptors (Lipinski definition) is 8. The van der Waals surface area contributed by atoms with Gasteiger partial charge in [-0.3, -0.25) is 4.79 Å². The highest BCUT2D eigenvalue weighted by atomic mass is 19.1. The average molecular weight is 531 g/mol. The molecule has 1 heterocycles. The molecule has 208 valence electrons. The Labute approximate surface area is 223 Å². The fourth-order valence-electron chi connectivity index (χ4n) is 8.26. The molecule has 0 radical (unpaired) electrons. The van der Waals surface area contributed by atoms with Gasteiger partial charge in [0.1, 0.15) is 11.9 Å². The second-order valence-corrected chi connectivity index (χ2v) is 12.6. The van der Waals surface area contributed by atoms with Gasteiger partial charge in [0.15, 0.2) is 18.2 Å². The van der Waals surface area contributed by atoms with E-state index in [4.69, 9.17) is 19.9 Å². The molecule has 2 bridgehead atoms. The van der Waals surface area contributed by atoms with Gasteiger partial charge in [-0.05, 0) is 54.6 Å². The first-order valence-electron chi connectivity index (χ1n) is 13.7. The standard InChI is InChI=1S/C28H39BFNO7/c1-15-7-9-28-10-8-18(32)24(28)27(15,4)20(11-26(3,14-31)25(34)16(28)2)38-21(33)13-36-19-6-5-17-12-37-29(35)22(17)23(19)30/h5-6,15-16,20,24-25,34-35H,7-14,31H2,1-4H3/t15-,16+,20-,24+,25+,26+,27+,28+/m1/s1. The first kappa shape index (κ1) is 27.6. The molecular weight excluding hydrogens is 492 g/mol. The van der Waals surface area contributed by atoms with Crippen molar-refractivity contribution in [1.82, 2.24) is 0 Å². The number of rotatable bonds is 5. The Morgan fingerprint density at radius 1 is 1.29 bits per heavy atom. The summed E-state index contributed by atoms with van der Waals surface area (Å²) in [5, 5.41) is 21.5. The first-order chi connectivity index (χ1) is 17.9. The van der Waals surface area contributed by atoms with Crippen molar-refractivity contribution in [3.63, 3.8) is 0 Å². The van der Waals surface area contributed by atoms with Crippen LogP contribution in [0.1, 0.15) is 65.4 Å². The van der Waals surface area contributed by atoms with Crippen LogP contribution in [0.4, 0.5) is 4.39 Å². The fraction of sp³-hybridized carbons (Fsp3) is 0.714. The molecular formula is C28H39BFNO7. The van der Waals surface area contributed by atoms with Gasteiger partial charge in [-0.2, -0.15) is 0 Å². The van der Waals surface area contributed by atoms with Crippen molar-refractivity contribution < 1.29 is 38.2 Å². The number of aliphatic hydroxyl groups is 1. The van der Waals surface area contributed by atoms with Crippen LogP contribution in [0, 0.1) is 39.8 Å². The molecule has 8 atom stereocenters. The van der Waals surface area contributed by atoms with Crippen LogP contribution in [0.25, 0.3) is 0 Å². The molecule has 1 aromatic carbocycles. The monoisotopic (exact) mass is 531 g/mol. The minimum Gasteiger partial charge on any atom is -0.479 e. The van der Waals surface area contributed by atoms with Gasteiger partial charge in [0.2, 0.25) is 0 Å². The number of ether oxygens (including phenoxy) is 2. The zero-order chi connectivity index (χ0) is 27.6. The van der Waals surface area contributed by atoms with Crippen LogP contribution in [0.3, 0.4) is 0 Å². The average Bonchev–Trinajstić information content (AvgIpc) is 3.45. The number of carbonyl (C=O) groups excluding carboxylic acids is 2. The number of esters is 1. The van der Waals surface area contributed by atoms with E-state index in [0.29, 0.717) is 24.8 Å². The molecule has 0 saturated heterocycles. The Bertz CT molecular complexity index is 1130. The molecule has 0 spiro atoms. The topological polar surface area (TPSA) is 128 Å². The summed E-state index contributed by atoms with van der Waals surface area (Å²) in [6, 6.07) is 2.99. The van der Waals surface area contributed by atoms with Gasteiger partial charge in [0, 0.05) is 35.2 Å². The molecule has 1 aromatic rings. The number of aliphatic hydroxyl groups excluding tert-OH is 1. The van der Waals surface area contributed by atoms with E-state index >= 15 is 0 Å². The summed E-state index contributed by atoms with van der Waals surface area (Å²) in [6.07, 6.45) is 1.75. The van der Waals surface area contributed by atoms with Crippen LogP contribution in [0.2, 0.25) is 0 Å². The van der Waals surface area contributed by atoms with Gasteiger partial charge in [-0.25, -0.2) is 9.18 Å². The zero-order valence-corrected chi connectivity index (χ0v) is 22.7. The summed E-state index contributed by atoms with van der Waals surface area (Å²) in [5.41, 5.74) is 5.03. The molecule has 10 heteroatoms. The Kier molecular flexibility index (Phi) is 6.94. The molecule has 0 unspecified atom stereocenters. The van der Waals surface area contributed by atoms with Crippen molar-refractivity contribution in [2.24, 2.45) is 39.7 Å². The predicted octanol–water partition coefficient (Wildman–Crippen LogP) is 2.10. The second kappa shape index (κ2) is 9.57. The molecule has 0 aromatic heterocycles. The van der Waals surface area contributed by atoms with E-state index in [1.54, 1.807) is 6.07 Å². The zero-order valence-electron chi connectivity index (χ0n) is 22.7. The maximum absolute atomic E-state index is 14.9. The van der Waals surface area contributed by atoms with E-state index in [1.807, 2.05) is 13.8 Å². The van der Waals surface area contributed by atoms with Crippen molar-refractivity contribution >= 4 is 24.3 Å². The lowest BCUT2D eigenvalue weighted by atomic mass is 9.44. The number of carbonyl (C=O) groups is 2. The van der Waals surface area contributed by atoms with E-state index in [9.17, 15) is 24.1 Å². The number of nitrogens with two attached hydrogens (primary N) is 1. The number of ketones is 1. The first-order valence-corrected chi connectivity index (χ1v) is 13.7. The minimum absolute atomic E-state index is 0.0114. The Morgan fingerprint density at radius 3 is 2.74 bits per heavy atom. The summed E-state index contributed by atoms with van der Waals surface area (Å²) in [7, 11) is -1.38. The third kappa shape index (κ3) is 3.93. The van der Waals surface area contributed by atoms with E-state index in [-0.39, 0.29) is 53.3 Å². The third-order valence-electron chi connectivity index (χ3n) is 10.9. The predicted molar refractivity (Wildman–Crippen MR) is 138 cm³/mol. The molecule has 3 aliphatic carbocycles. The highest BCUT2D eigenvalue weighted by Crippen LogP contribution is 2.67. The number of Topliss-reactive ketones (excluding diaryl/α,β-unsaturated/α-hetero) is 1. The van der Waals surface area contributed by atoms with E-state index < -0.39 is 48.5 Å². The van der Waals surface area contributed by atoms with Crippen LogP contribution in [-0.4, -0.2) is 54.4 Å². The van der Waals surface area contributed by atoms with Crippen LogP contribution < -0.4 is 15.9 Å². The van der Waals surface area contributed by atoms with E-state index in [0.717, 1.165) is 12.8 Å². The van der Waals surface area contributed by atoms with E-state index in [1.165, 1.54) is 6.07 Å². The smallest absolute Gasteiger partial charge is 0.479 e. The summed E-state index contributed by atoms with van der Waals surface area (Å²) >= 11 is 0. The maximum Gasteiger partial charge on any atom is 0.494 e. The van der Waals surface area contributed by atoms with Gasteiger partial charge in [-0.1, -0.05) is 33.8 Å². The van der Waals surface area contributed by atoms with Crippen LogP contribution in [0.15, 0.2) is 12.1 Å². The van der Waals surface area contributed by atoms with Crippen LogP contribution in [-0.2, 0) is 25.6 Å². The number of halogens is 1. The van der Waals surface area contributed by atoms with Crippen molar-refractivity contribution in [2.45, 2.75) is 78.6 Å². The lowest BCUT2D eigenvalue weighted by Crippen LogP contribution is -2.64. The van der Waals surface area contributed by atoms with Crippen molar-refractivity contribution in [1.29, 1.82) is 0 Å². The van der Waals surface area contributed by atoms with Gasteiger partial charge in [0.25, 0.3) is 0 Å². The van der Waals surface area contributed by atoms with Gasteiger partial charge < -0.3 is 30.0 Å². The molecule has 3 fully saturated rings. The SMILES string of the molecule is C[C@@H]1CC[C@@]23CCC(=O)[C@H]2[C@]1(C)[C@H](OC(=O)COc1ccc2c(c1F)B(O)OC2)C[C@@](C)(CN)[C@@H](O)[C@@H]3C. The number of fused-ring (bicyclic) bond motifs is 1. The maximum atomic E-state index is 14.9. The van der Waals surface area contributed by atoms with Crippen molar-refractivity contribution in [2.75, 3.05) is 13.2 Å². The second-order valence-electron chi connectivity index (χ2n) is 12.6. The van der Waals surface area contributed by atoms with Gasteiger partial charge in [-0.15, -0.1) is 0 Å². The normalized spacial score (nSPS) is 40.3. The number of benzene rings is 1. The van der Waals surface area contributed by atoms with Crippen molar-refractivity contribution in [3.8, 4) is 5.75 Å². The molecule has 3 saturated carbocycles. The molecule has 38 heavy (non-hydrogen) atoms.